The molecular weight excluding hydrogens is 334 g/mol. The number of amides is 1. The molecule has 0 spiro atoms. The van der Waals surface area contributed by atoms with Crippen LogP contribution >= 0.6 is 11.6 Å². The minimum absolute atomic E-state index is 0.0160. The van der Waals surface area contributed by atoms with Crippen molar-refractivity contribution in [1.29, 1.82) is 0 Å². The van der Waals surface area contributed by atoms with Crippen LogP contribution in [0.4, 0.5) is 0 Å². The molecule has 0 radical (unpaired) electrons. The summed E-state index contributed by atoms with van der Waals surface area (Å²) in [7, 11) is 0. The first-order valence-electron chi connectivity index (χ1n) is 8.80. The van der Waals surface area contributed by atoms with Gasteiger partial charge in [-0.05, 0) is 31.9 Å². The molecule has 134 valence electrons. The molecule has 0 fully saturated rings. The zero-order chi connectivity index (χ0) is 18.2. The molecular formula is C20H26ClN3O. The van der Waals surface area contributed by atoms with Crippen molar-refractivity contribution in [3.63, 3.8) is 0 Å². The SMILES string of the molecule is CCCCN(CC)C(=O)C=Cc1c(C)nn(Cc2ccccc2)c1Cl. The number of unbranched alkanes of at least 4 members (excludes halogenated alkanes) is 1. The van der Waals surface area contributed by atoms with E-state index in [1.165, 1.54) is 0 Å². The van der Waals surface area contributed by atoms with Gasteiger partial charge in [-0.15, -0.1) is 0 Å². The predicted octanol–water partition coefficient (Wildman–Crippen LogP) is 4.56. The van der Waals surface area contributed by atoms with Crippen molar-refractivity contribution >= 4 is 23.6 Å². The Labute approximate surface area is 155 Å². The van der Waals surface area contributed by atoms with E-state index >= 15 is 0 Å². The van der Waals surface area contributed by atoms with Gasteiger partial charge in [-0.3, -0.25) is 4.79 Å². The van der Waals surface area contributed by atoms with Gasteiger partial charge in [-0.1, -0.05) is 55.3 Å². The maximum Gasteiger partial charge on any atom is 0.246 e. The average molecular weight is 360 g/mol. The lowest BCUT2D eigenvalue weighted by molar-refractivity contribution is -0.125. The lowest BCUT2D eigenvalue weighted by atomic mass is 10.2. The molecule has 0 saturated heterocycles. The van der Waals surface area contributed by atoms with Crippen LogP contribution in [0, 0.1) is 6.92 Å². The zero-order valence-electron chi connectivity index (χ0n) is 15.2. The summed E-state index contributed by atoms with van der Waals surface area (Å²) in [5.74, 6) is 0.0160. The van der Waals surface area contributed by atoms with Crippen LogP contribution in [0.3, 0.4) is 0 Å². The van der Waals surface area contributed by atoms with Crippen LogP contribution in [0.2, 0.25) is 5.15 Å². The third-order valence-electron chi connectivity index (χ3n) is 4.15. The van der Waals surface area contributed by atoms with Crippen molar-refractivity contribution in [2.24, 2.45) is 0 Å². The van der Waals surface area contributed by atoms with Gasteiger partial charge in [0.1, 0.15) is 5.15 Å². The van der Waals surface area contributed by atoms with Gasteiger partial charge in [-0.25, -0.2) is 4.68 Å². The van der Waals surface area contributed by atoms with Crippen LogP contribution in [-0.4, -0.2) is 33.7 Å². The number of likely N-dealkylation sites (N-methyl/N-ethyl adjacent to an activating group) is 1. The van der Waals surface area contributed by atoms with E-state index in [1.807, 2.05) is 49.1 Å². The summed E-state index contributed by atoms with van der Waals surface area (Å²) >= 11 is 6.48. The van der Waals surface area contributed by atoms with E-state index in [0.29, 0.717) is 18.2 Å². The van der Waals surface area contributed by atoms with Gasteiger partial charge in [0.2, 0.25) is 5.91 Å². The predicted molar refractivity (Wildman–Crippen MR) is 104 cm³/mol. The van der Waals surface area contributed by atoms with E-state index in [2.05, 4.69) is 12.0 Å². The first kappa shape index (κ1) is 19.3. The average Bonchev–Trinajstić information content (AvgIpc) is 2.88. The zero-order valence-corrected chi connectivity index (χ0v) is 16.0. The second kappa shape index (κ2) is 9.42. The molecule has 0 aliphatic carbocycles. The molecule has 0 unspecified atom stereocenters. The Balaban J connectivity index is 2.13. The van der Waals surface area contributed by atoms with Gasteiger partial charge in [0.15, 0.2) is 0 Å². The minimum atomic E-state index is 0.0160. The largest absolute Gasteiger partial charge is 0.339 e. The lowest BCUT2D eigenvalue weighted by Crippen LogP contribution is -2.30. The third-order valence-corrected chi connectivity index (χ3v) is 4.55. The molecule has 0 bridgehead atoms. The van der Waals surface area contributed by atoms with Crippen molar-refractivity contribution in [2.45, 2.75) is 40.2 Å². The van der Waals surface area contributed by atoms with Crippen LogP contribution in [0.5, 0.6) is 0 Å². The monoisotopic (exact) mass is 359 g/mol. The summed E-state index contributed by atoms with van der Waals surface area (Å²) in [6, 6.07) is 10.1. The minimum Gasteiger partial charge on any atom is -0.339 e. The third kappa shape index (κ3) is 5.20. The van der Waals surface area contributed by atoms with Crippen LogP contribution < -0.4 is 0 Å². The second-order valence-electron chi connectivity index (χ2n) is 6.04. The summed E-state index contributed by atoms with van der Waals surface area (Å²) in [6.45, 7) is 8.14. The van der Waals surface area contributed by atoms with Crippen molar-refractivity contribution < 1.29 is 4.79 Å². The highest BCUT2D eigenvalue weighted by Crippen LogP contribution is 2.22. The molecule has 1 aromatic heterocycles. The summed E-state index contributed by atoms with van der Waals surface area (Å²) in [5, 5.41) is 5.06. The Bertz CT molecular complexity index is 722. The maximum atomic E-state index is 12.3. The molecule has 25 heavy (non-hydrogen) atoms. The summed E-state index contributed by atoms with van der Waals surface area (Å²) in [6.07, 6.45) is 5.47. The summed E-state index contributed by atoms with van der Waals surface area (Å²) < 4.78 is 1.77. The van der Waals surface area contributed by atoms with Crippen molar-refractivity contribution in [1.82, 2.24) is 14.7 Å². The van der Waals surface area contributed by atoms with Gasteiger partial charge in [0.25, 0.3) is 0 Å². The van der Waals surface area contributed by atoms with Gasteiger partial charge >= 0.3 is 0 Å². The molecule has 5 heteroatoms. The van der Waals surface area contributed by atoms with E-state index in [9.17, 15) is 4.79 Å². The number of aryl methyl sites for hydroxylation is 1. The molecule has 1 aromatic carbocycles. The van der Waals surface area contributed by atoms with Crippen LogP contribution in [0.1, 0.15) is 43.5 Å². The first-order chi connectivity index (χ1) is 12.1. The highest BCUT2D eigenvalue weighted by Gasteiger charge is 2.13. The number of hydrogen-bond acceptors (Lipinski definition) is 2. The van der Waals surface area contributed by atoms with E-state index in [0.717, 1.165) is 36.2 Å². The molecule has 0 N–H and O–H groups in total. The molecule has 2 aromatic rings. The number of carbonyl (C=O) groups excluding carboxylic acids is 1. The van der Waals surface area contributed by atoms with Crippen LogP contribution in [0.25, 0.3) is 6.08 Å². The Morgan fingerprint density at radius 2 is 2.00 bits per heavy atom. The Morgan fingerprint density at radius 1 is 1.28 bits per heavy atom. The van der Waals surface area contributed by atoms with Crippen LogP contribution in [0.15, 0.2) is 36.4 Å². The summed E-state index contributed by atoms with van der Waals surface area (Å²) in [4.78, 5) is 14.2. The first-order valence-corrected chi connectivity index (χ1v) is 9.18. The van der Waals surface area contributed by atoms with Crippen molar-refractivity contribution in [3.05, 3.63) is 58.4 Å². The number of rotatable bonds is 8. The second-order valence-corrected chi connectivity index (χ2v) is 6.40. The molecule has 0 aliphatic heterocycles. The number of benzene rings is 1. The molecule has 0 saturated carbocycles. The van der Waals surface area contributed by atoms with Gasteiger partial charge in [0, 0.05) is 24.7 Å². The van der Waals surface area contributed by atoms with Gasteiger partial charge in [-0.2, -0.15) is 5.10 Å². The van der Waals surface area contributed by atoms with E-state index in [4.69, 9.17) is 11.6 Å². The van der Waals surface area contributed by atoms with Crippen molar-refractivity contribution in [2.75, 3.05) is 13.1 Å². The maximum absolute atomic E-state index is 12.3. The number of halogens is 1. The molecule has 0 aliphatic rings. The highest BCUT2D eigenvalue weighted by molar-refractivity contribution is 6.31. The summed E-state index contributed by atoms with van der Waals surface area (Å²) in [5.41, 5.74) is 2.76. The quantitative estimate of drug-likeness (QED) is 0.648. The fraction of sp³-hybridized carbons (Fsp3) is 0.400. The number of nitrogens with zero attached hydrogens (tertiary/aromatic N) is 3. The fourth-order valence-corrected chi connectivity index (χ4v) is 2.95. The standard InChI is InChI=1S/C20H26ClN3O/c1-4-6-14-23(5-2)19(25)13-12-18-16(3)22-24(20(18)21)15-17-10-8-7-9-11-17/h7-13H,4-6,14-15H2,1-3H3. The highest BCUT2D eigenvalue weighted by atomic mass is 35.5. The smallest absolute Gasteiger partial charge is 0.246 e. The van der Waals surface area contributed by atoms with Crippen LogP contribution in [-0.2, 0) is 11.3 Å². The Kier molecular flexibility index (Phi) is 7.26. The molecule has 2 rings (SSSR count). The molecule has 4 nitrogen and oxygen atoms in total. The van der Waals surface area contributed by atoms with E-state index in [1.54, 1.807) is 16.8 Å². The number of carbonyl (C=O) groups is 1. The topological polar surface area (TPSA) is 38.1 Å². The fourth-order valence-electron chi connectivity index (χ4n) is 2.65. The molecule has 1 amide bonds. The molecule has 1 heterocycles. The molecule has 0 atom stereocenters. The van der Waals surface area contributed by atoms with E-state index in [-0.39, 0.29) is 5.91 Å². The Hall–Kier alpha value is -2.07. The van der Waals surface area contributed by atoms with Gasteiger partial charge in [0.05, 0.1) is 12.2 Å². The van der Waals surface area contributed by atoms with Gasteiger partial charge < -0.3 is 4.90 Å². The van der Waals surface area contributed by atoms with E-state index < -0.39 is 0 Å². The number of hydrogen-bond donors (Lipinski definition) is 0. The Morgan fingerprint density at radius 3 is 2.64 bits per heavy atom. The van der Waals surface area contributed by atoms with Crippen molar-refractivity contribution in [3.8, 4) is 0 Å². The lowest BCUT2D eigenvalue weighted by Gasteiger charge is -2.18. The number of aromatic nitrogens is 2. The normalized spacial score (nSPS) is 11.2.